The van der Waals surface area contributed by atoms with Crippen LogP contribution in [0.2, 0.25) is 0 Å². The summed E-state index contributed by atoms with van der Waals surface area (Å²) in [6.45, 7) is -0.00930. The summed E-state index contributed by atoms with van der Waals surface area (Å²) >= 11 is 0. The Morgan fingerprint density at radius 1 is 0.964 bits per heavy atom. The second-order valence-corrected chi connectivity index (χ2v) is 8.54. The molecule has 7 nitrogen and oxygen atoms in total. The van der Waals surface area contributed by atoms with Crippen LogP contribution in [0.5, 0.6) is 0 Å². The molecule has 1 aliphatic carbocycles. The van der Waals surface area contributed by atoms with Crippen molar-refractivity contribution >= 4 is 27.5 Å². The van der Waals surface area contributed by atoms with E-state index in [9.17, 15) is 18.0 Å². The predicted molar refractivity (Wildman–Crippen MR) is 106 cm³/mol. The highest BCUT2D eigenvalue weighted by atomic mass is 32.2. The monoisotopic (exact) mass is 401 g/mol. The maximum atomic E-state index is 12.5. The molecule has 28 heavy (non-hydrogen) atoms. The minimum absolute atomic E-state index is 0.00930. The fourth-order valence-electron chi connectivity index (χ4n) is 3.20. The van der Waals surface area contributed by atoms with Gasteiger partial charge in [0.1, 0.15) is 0 Å². The Balaban J connectivity index is 1.53. The Labute approximate surface area is 164 Å². The van der Waals surface area contributed by atoms with Gasteiger partial charge < -0.3 is 11.1 Å². The quantitative estimate of drug-likeness (QED) is 0.657. The molecule has 0 heterocycles. The third-order valence-electron chi connectivity index (χ3n) is 4.73. The van der Waals surface area contributed by atoms with Crippen LogP contribution in [0.25, 0.3) is 0 Å². The largest absolute Gasteiger partial charge is 0.366 e. The molecule has 0 saturated carbocycles. The molecule has 2 amide bonds. The van der Waals surface area contributed by atoms with Gasteiger partial charge in [-0.3, -0.25) is 9.59 Å². The summed E-state index contributed by atoms with van der Waals surface area (Å²) in [5, 5.41) is 2.65. The van der Waals surface area contributed by atoms with Gasteiger partial charge in [0.05, 0.1) is 4.90 Å². The Morgan fingerprint density at radius 3 is 2.32 bits per heavy atom. The van der Waals surface area contributed by atoms with Crippen LogP contribution in [-0.4, -0.2) is 26.8 Å². The summed E-state index contributed by atoms with van der Waals surface area (Å²) in [5.74, 6) is -0.880. The van der Waals surface area contributed by atoms with E-state index >= 15 is 0 Å². The van der Waals surface area contributed by atoms with Gasteiger partial charge in [0.2, 0.25) is 21.8 Å². The highest BCUT2D eigenvalue weighted by Gasteiger charge is 2.17. The number of nitrogens with one attached hydrogen (secondary N) is 2. The van der Waals surface area contributed by atoms with Crippen LogP contribution in [0.4, 0.5) is 5.69 Å². The average molecular weight is 401 g/mol. The van der Waals surface area contributed by atoms with Crippen molar-refractivity contribution in [2.45, 2.75) is 37.0 Å². The second-order valence-electron chi connectivity index (χ2n) is 6.78. The smallest absolute Gasteiger partial charge is 0.248 e. The van der Waals surface area contributed by atoms with E-state index in [1.54, 1.807) is 24.3 Å². The highest BCUT2D eigenvalue weighted by Crippen LogP contribution is 2.24. The van der Waals surface area contributed by atoms with E-state index in [-0.39, 0.29) is 23.8 Å². The molecule has 0 unspecified atom stereocenters. The molecule has 2 aromatic carbocycles. The van der Waals surface area contributed by atoms with Crippen LogP contribution < -0.4 is 15.8 Å². The van der Waals surface area contributed by atoms with E-state index in [1.165, 1.54) is 17.7 Å². The van der Waals surface area contributed by atoms with Crippen molar-refractivity contribution in [3.05, 3.63) is 59.2 Å². The van der Waals surface area contributed by atoms with Crippen molar-refractivity contribution < 1.29 is 18.0 Å². The predicted octanol–water partition coefficient (Wildman–Crippen LogP) is 1.97. The molecule has 2 aromatic rings. The molecular formula is C20H23N3O4S. The third-order valence-corrected chi connectivity index (χ3v) is 6.19. The molecule has 0 atom stereocenters. The van der Waals surface area contributed by atoms with Gasteiger partial charge >= 0.3 is 0 Å². The van der Waals surface area contributed by atoms with Gasteiger partial charge in [-0.05, 0) is 73.2 Å². The van der Waals surface area contributed by atoms with Crippen LogP contribution in [0.1, 0.15) is 40.7 Å². The Hall–Kier alpha value is -2.71. The zero-order chi connectivity index (χ0) is 20.1. The number of sulfonamides is 1. The number of hydrogen-bond donors (Lipinski definition) is 3. The van der Waals surface area contributed by atoms with Crippen LogP contribution in [-0.2, 0) is 27.7 Å². The van der Waals surface area contributed by atoms with Crippen molar-refractivity contribution in [1.29, 1.82) is 0 Å². The number of fused-ring (bicyclic) bond motifs is 1. The summed E-state index contributed by atoms with van der Waals surface area (Å²) in [5.41, 5.74) is 8.32. The summed E-state index contributed by atoms with van der Waals surface area (Å²) in [7, 11) is -3.66. The highest BCUT2D eigenvalue weighted by molar-refractivity contribution is 7.89. The molecule has 0 aliphatic heterocycles. The van der Waals surface area contributed by atoms with Crippen molar-refractivity contribution in [2.75, 3.05) is 11.9 Å². The van der Waals surface area contributed by atoms with E-state index in [2.05, 4.69) is 10.0 Å². The van der Waals surface area contributed by atoms with Gasteiger partial charge in [-0.15, -0.1) is 0 Å². The number of anilines is 1. The van der Waals surface area contributed by atoms with Crippen molar-refractivity contribution in [3.8, 4) is 0 Å². The second kappa shape index (κ2) is 8.53. The lowest BCUT2D eigenvalue weighted by Gasteiger charge is -2.16. The standard InChI is InChI=1S/C20H23N3O4S/c21-20(25)15-5-8-17(9-6-15)23-19(24)11-12-22-28(26,27)18-10-7-14-3-1-2-4-16(14)13-18/h5-10,13,22H,1-4,11-12H2,(H2,21,25)(H,23,24). The lowest BCUT2D eigenvalue weighted by Crippen LogP contribution is -2.28. The van der Waals surface area contributed by atoms with Crippen LogP contribution in [0.15, 0.2) is 47.4 Å². The lowest BCUT2D eigenvalue weighted by atomic mass is 9.92. The van der Waals surface area contributed by atoms with E-state index < -0.39 is 15.9 Å². The SMILES string of the molecule is NC(=O)c1ccc(NC(=O)CCNS(=O)(=O)c2ccc3c(c2)CCCC3)cc1. The van der Waals surface area contributed by atoms with Crippen LogP contribution >= 0.6 is 0 Å². The fraction of sp³-hybridized carbons (Fsp3) is 0.300. The molecule has 0 radical (unpaired) electrons. The first-order valence-corrected chi connectivity index (χ1v) is 10.6. The molecule has 148 valence electrons. The molecular weight excluding hydrogens is 378 g/mol. The third kappa shape index (κ3) is 4.96. The van der Waals surface area contributed by atoms with E-state index in [1.807, 2.05) is 6.07 Å². The molecule has 0 saturated heterocycles. The molecule has 0 aromatic heterocycles. The van der Waals surface area contributed by atoms with E-state index in [0.717, 1.165) is 31.2 Å². The molecule has 3 rings (SSSR count). The lowest BCUT2D eigenvalue weighted by molar-refractivity contribution is -0.116. The normalized spacial score (nSPS) is 13.6. The van der Waals surface area contributed by atoms with Gasteiger partial charge in [0, 0.05) is 24.2 Å². The molecule has 1 aliphatic rings. The minimum atomic E-state index is -3.66. The maximum absolute atomic E-state index is 12.5. The number of amides is 2. The van der Waals surface area contributed by atoms with Gasteiger partial charge in [-0.1, -0.05) is 6.07 Å². The van der Waals surface area contributed by atoms with Crippen molar-refractivity contribution in [2.24, 2.45) is 5.73 Å². The Morgan fingerprint density at radius 2 is 1.64 bits per heavy atom. The zero-order valence-electron chi connectivity index (χ0n) is 15.4. The van der Waals surface area contributed by atoms with E-state index in [4.69, 9.17) is 5.73 Å². The van der Waals surface area contributed by atoms with Crippen LogP contribution in [0, 0.1) is 0 Å². The number of rotatable bonds is 7. The number of aryl methyl sites for hydroxylation is 2. The topological polar surface area (TPSA) is 118 Å². The van der Waals surface area contributed by atoms with Gasteiger partial charge in [-0.25, -0.2) is 13.1 Å². The Bertz CT molecular complexity index is 985. The number of nitrogens with two attached hydrogens (primary N) is 1. The summed E-state index contributed by atoms with van der Waals surface area (Å²) in [6.07, 6.45) is 4.09. The fourth-order valence-corrected chi connectivity index (χ4v) is 4.28. The number of carbonyl (C=O) groups excluding carboxylic acids is 2. The van der Waals surface area contributed by atoms with Crippen LogP contribution in [0.3, 0.4) is 0 Å². The van der Waals surface area contributed by atoms with Gasteiger partial charge in [0.15, 0.2) is 0 Å². The molecule has 0 fully saturated rings. The first-order valence-electron chi connectivity index (χ1n) is 9.16. The molecule has 0 bridgehead atoms. The Kier molecular flexibility index (Phi) is 6.11. The summed E-state index contributed by atoms with van der Waals surface area (Å²) in [6, 6.07) is 11.4. The van der Waals surface area contributed by atoms with Crippen molar-refractivity contribution in [3.63, 3.8) is 0 Å². The maximum Gasteiger partial charge on any atom is 0.248 e. The van der Waals surface area contributed by atoms with Gasteiger partial charge in [0.25, 0.3) is 0 Å². The average Bonchev–Trinajstić information content (AvgIpc) is 2.68. The molecule has 8 heteroatoms. The molecule has 0 spiro atoms. The zero-order valence-corrected chi connectivity index (χ0v) is 16.2. The number of benzene rings is 2. The minimum Gasteiger partial charge on any atom is -0.366 e. The molecule has 4 N–H and O–H groups in total. The summed E-state index contributed by atoms with van der Waals surface area (Å²) in [4.78, 5) is 23.3. The number of hydrogen-bond acceptors (Lipinski definition) is 4. The first-order chi connectivity index (χ1) is 13.3. The summed E-state index contributed by atoms with van der Waals surface area (Å²) < 4.78 is 27.4. The van der Waals surface area contributed by atoms with Gasteiger partial charge in [-0.2, -0.15) is 0 Å². The first kappa shape index (κ1) is 20.0. The van der Waals surface area contributed by atoms with E-state index in [0.29, 0.717) is 11.3 Å². The number of carbonyl (C=O) groups is 2. The van der Waals surface area contributed by atoms with Crippen molar-refractivity contribution in [1.82, 2.24) is 4.72 Å². The number of primary amides is 1.